The molecule has 0 fully saturated rings. The van der Waals surface area contributed by atoms with Crippen molar-refractivity contribution >= 4 is 23.5 Å². The first-order valence-electron chi connectivity index (χ1n) is 6.81. The van der Waals surface area contributed by atoms with Crippen LogP contribution in [0.5, 0.6) is 0 Å². The standard InChI is InChI=1S/C15H20N2O5/c1-21-9-5-8-16-15(20)11-6-3-4-7-12(11)17-13(18)10-14(19)22-2/h3-4,6-7H,5,8-10H2,1-2H3,(H,16,20)(H,17,18). The second-order valence-electron chi connectivity index (χ2n) is 4.45. The van der Waals surface area contributed by atoms with Crippen molar-refractivity contribution in [3.8, 4) is 0 Å². The molecule has 7 heteroatoms. The molecule has 0 aliphatic carbocycles. The van der Waals surface area contributed by atoms with Gasteiger partial charge in [-0.25, -0.2) is 0 Å². The second-order valence-corrected chi connectivity index (χ2v) is 4.45. The maximum Gasteiger partial charge on any atom is 0.315 e. The summed E-state index contributed by atoms with van der Waals surface area (Å²) in [5.41, 5.74) is 0.679. The van der Waals surface area contributed by atoms with Gasteiger partial charge in [-0.1, -0.05) is 12.1 Å². The Morgan fingerprint density at radius 3 is 2.55 bits per heavy atom. The van der Waals surface area contributed by atoms with Gasteiger partial charge in [-0.2, -0.15) is 0 Å². The first kappa shape index (κ1) is 17.6. The number of ether oxygens (including phenoxy) is 2. The lowest BCUT2D eigenvalue weighted by Gasteiger charge is -2.11. The van der Waals surface area contributed by atoms with Gasteiger partial charge < -0.3 is 20.1 Å². The summed E-state index contributed by atoms with van der Waals surface area (Å²) in [4.78, 5) is 34.8. The van der Waals surface area contributed by atoms with E-state index in [9.17, 15) is 14.4 Å². The van der Waals surface area contributed by atoms with Crippen LogP contribution in [0.1, 0.15) is 23.2 Å². The van der Waals surface area contributed by atoms with Crippen LogP contribution in [0.4, 0.5) is 5.69 Å². The number of carbonyl (C=O) groups excluding carboxylic acids is 3. The van der Waals surface area contributed by atoms with Gasteiger partial charge in [0.15, 0.2) is 0 Å². The number of hydrogen-bond acceptors (Lipinski definition) is 5. The number of nitrogens with one attached hydrogen (secondary N) is 2. The van der Waals surface area contributed by atoms with Gasteiger partial charge in [-0.15, -0.1) is 0 Å². The quantitative estimate of drug-likeness (QED) is 0.424. The maximum absolute atomic E-state index is 12.1. The Kier molecular flexibility index (Phi) is 7.63. The molecule has 0 heterocycles. The summed E-state index contributed by atoms with van der Waals surface area (Å²) in [6.45, 7) is 1.02. The summed E-state index contributed by atoms with van der Waals surface area (Å²) >= 11 is 0. The lowest BCUT2D eigenvalue weighted by Crippen LogP contribution is -2.27. The van der Waals surface area contributed by atoms with Gasteiger partial charge in [0.25, 0.3) is 5.91 Å². The molecule has 0 aliphatic heterocycles. The summed E-state index contributed by atoms with van der Waals surface area (Å²) in [5.74, 6) is -1.48. The van der Waals surface area contributed by atoms with Crippen LogP contribution in [0.2, 0.25) is 0 Å². The molecule has 0 saturated heterocycles. The highest BCUT2D eigenvalue weighted by atomic mass is 16.5. The molecule has 22 heavy (non-hydrogen) atoms. The number of carbonyl (C=O) groups is 3. The van der Waals surface area contributed by atoms with E-state index in [1.54, 1.807) is 31.4 Å². The highest BCUT2D eigenvalue weighted by Gasteiger charge is 2.14. The van der Waals surface area contributed by atoms with Crippen molar-refractivity contribution in [2.24, 2.45) is 0 Å². The van der Waals surface area contributed by atoms with Crippen molar-refractivity contribution in [2.45, 2.75) is 12.8 Å². The molecular formula is C15H20N2O5. The number of esters is 1. The monoisotopic (exact) mass is 308 g/mol. The predicted molar refractivity (Wildman–Crippen MR) is 80.5 cm³/mol. The van der Waals surface area contributed by atoms with E-state index < -0.39 is 18.3 Å². The van der Waals surface area contributed by atoms with Crippen molar-refractivity contribution in [3.63, 3.8) is 0 Å². The van der Waals surface area contributed by atoms with E-state index in [1.807, 2.05) is 0 Å². The zero-order chi connectivity index (χ0) is 16.4. The second kappa shape index (κ2) is 9.51. The zero-order valence-electron chi connectivity index (χ0n) is 12.7. The SMILES string of the molecule is COCCCNC(=O)c1ccccc1NC(=O)CC(=O)OC. The van der Waals surface area contributed by atoms with Crippen LogP contribution in [-0.4, -0.2) is 45.2 Å². The van der Waals surface area contributed by atoms with Crippen molar-refractivity contribution < 1.29 is 23.9 Å². The molecule has 0 spiro atoms. The van der Waals surface area contributed by atoms with Gasteiger partial charge in [0.2, 0.25) is 5.91 Å². The minimum Gasteiger partial charge on any atom is -0.469 e. The number of rotatable bonds is 8. The average Bonchev–Trinajstić information content (AvgIpc) is 2.51. The molecular weight excluding hydrogens is 288 g/mol. The highest BCUT2D eigenvalue weighted by Crippen LogP contribution is 2.15. The van der Waals surface area contributed by atoms with E-state index in [0.717, 1.165) is 0 Å². The van der Waals surface area contributed by atoms with Gasteiger partial charge in [-0.3, -0.25) is 14.4 Å². The maximum atomic E-state index is 12.1. The Morgan fingerprint density at radius 1 is 1.14 bits per heavy atom. The van der Waals surface area contributed by atoms with Crippen LogP contribution in [0.25, 0.3) is 0 Å². The summed E-state index contributed by atoms with van der Waals surface area (Å²) in [7, 11) is 2.80. The largest absolute Gasteiger partial charge is 0.469 e. The van der Waals surface area contributed by atoms with Gasteiger partial charge in [-0.05, 0) is 18.6 Å². The Hall–Kier alpha value is -2.41. The molecule has 0 atom stereocenters. The average molecular weight is 308 g/mol. The van der Waals surface area contributed by atoms with Gasteiger partial charge >= 0.3 is 5.97 Å². The summed E-state index contributed by atoms with van der Waals surface area (Å²) in [6.07, 6.45) is 0.291. The van der Waals surface area contributed by atoms with E-state index in [-0.39, 0.29) is 5.91 Å². The number of methoxy groups -OCH3 is 2. The van der Waals surface area contributed by atoms with Crippen molar-refractivity contribution in [2.75, 3.05) is 32.7 Å². The topological polar surface area (TPSA) is 93.7 Å². The molecule has 0 bridgehead atoms. The molecule has 1 aromatic carbocycles. The summed E-state index contributed by atoms with van der Waals surface area (Å²) < 4.78 is 9.32. The summed E-state index contributed by atoms with van der Waals surface area (Å²) in [5, 5.41) is 5.27. The van der Waals surface area contributed by atoms with E-state index in [1.165, 1.54) is 7.11 Å². The third-order valence-corrected chi connectivity index (χ3v) is 2.79. The Bertz CT molecular complexity index is 530. The number of hydrogen-bond donors (Lipinski definition) is 2. The molecule has 7 nitrogen and oxygen atoms in total. The summed E-state index contributed by atoms with van der Waals surface area (Å²) in [6, 6.07) is 6.58. The molecule has 1 rings (SSSR count). The van der Waals surface area contributed by atoms with Gasteiger partial charge in [0, 0.05) is 20.3 Å². The van der Waals surface area contributed by atoms with Crippen LogP contribution >= 0.6 is 0 Å². The Labute approximate surface area is 129 Å². The minimum atomic E-state index is -0.640. The number of benzene rings is 1. The van der Waals surface area contributed by atoms with E-state index in [4.69, 9.17) is 4.74 Å². The Balaban J connectivity index is 2.66. The molecule has 0 aromatic heterocycles. The van der Waals surface area contributed by atoms with Gasteiger partial charge in [0.1, 0.15) is 6.42 Å². The zero-order valence-corrected chi connectivity index (χ0v) is 12.7. The van der Waals surface area contributed by atoms with Crippen molar-refractivity contribution in [1.29, 1.82) is 0 Å². The van der Waals surface area contributed by atoms with Crippen LogP contribution in [0, 0.1) is 0 Å². The number of anilines is 1. The smallest absolute Gasteiger partial charge is 0.315 e. The van der Waals surface area contributed by atoms with Crippen molar-refractivity contribution in [3.05, 3.63) is 29.8 Å². The fraction of sp³-hybridized carbons (Fsp3) is 0.400. The third-order valence-electron chi connectivity index (χ3n) is 2.79. The molecule has 0 aliphatic rings. The fourth-order valence-corrected chi connectivity index (χ4v) is 1.70. The Morgan fingerprint density at radius 2 is 1.86 bits per heavy atom. The van der Waals surface area contributed by atoms with Crippen molar-refractivity contribution in [1.82, 2.24) is 5.32 Å². The van der Waals surface area contributed by atoms with E-state index in [2.05, 4.69) is 15.4 Å². The van der Waals surface area contributed by atoms with E-state index >= 15 is 0 Å². The minimum absolute atomic E-state index is 0.301. The van der Waals surface area contributed by atoms with Crippen LogP contribution in [0.3, 0.4) is 0 Å². The fourth-order valence-electron chi connectivity index (χ4n) is 1.70. The molecule has 2 amide bonds. The van der Waals surface area contributed by atoms with E-state index in [0.29, 0.717) is 30.8 Å². The molecule has 0 saturated carbocycles. The molecule has 120 valence electrons. The number of para-hydroxylation sites is 1. The van der Waals surface area contributed by atoms with Gasteiger partial charge in [0.05, 0.1) is 18.4 Å². The highest BCUT2D eigenvalue weighted by molar-refractivity contribution is 6.07. The normalized spacial score (nSPS) is 9.91. The molecule has 2 N–H and O–H groups in total. The van der Waals surface area contributed by atoms with Crippen LogP contribution in [-0.2, 0) is 19.1 Å². The lowest BCUT2D eigenvalue weighted by atomic mass is 10.1. The third kappa shape index (κ3) is 5.92. The predicted octanol–water partition coefficient (Wildman–Crippen LogP) is 0.954. The lowest BCUT2D eigenvalue weighted by molar-refractivity contribution is -0.142. The van der Waals surface area contributed by atoms with Crippen LogP contribution < -0.4 is 10.6 Å². The number of amides is 2. The molecule has 0 radical (unpaired) electrons. The van der Waals surface area contributed by atoms with Crippen LogP contribution in [0.15, 0.2) is 24.3 Å². The molecule has 0 unspecified atom stereocenters. The first-order chi connectivity index (χ1) is 10.6. The molecule has 1 aromatic rings. The first-order valence-corrected chi connectivity index (χ1v) is 6.81.